The van der Waals surface area contributed by atoms with Crippen LogP contribution in [0.4, 0.5) is 18.0 Å². The number of nitrogens with zero attached hydrogens (tertiary/aromatic N) is 1. The van der Waals surface area contributed by atoms with Crippen LogP contribution in [-0.4, -0.2) is 41.8 Å². The molecule has 4 rings (SSSR count). The molecule has 8 heteroatoms. The van der Waals surface area contributed by atoms with Gasteiger partial charge in [-0.1, -0.05) is 32.0 Å². The summed E-state index contributed by atoms with van der Waals surface area (Å²) in [7, 11) is 0. The number of urea groups is 1. The van der Waals surface area contributed by atoms with Crippen LogP contribution < -0.4 is 5.32 Å². The summed E-state index contributed by atoms with van der Waals surface area (Å²) in [6.45, 7) is 6.66. The minimum atomic E-state index is -4.66. The first-order chi connectivity index (χ1) is 15.9. The van der Waals surface area contributed by atoms with Crippen LogP contribution in [0.15, 0.2) is 18.2 Å². The van der Waals surface area contributed by atoms with E-state index in [0.717, 1.165) is 24.0 Å². The lowest BCUT2D eigenvalue weighted by molar-refractivity contribution is -0.158. The second-order valence-corrected chi connectivity index (χ2v) is 11.0. The van der Waals surface area contributed by atoms with Crippen LogP contribution in [0.5, 0.6) is 0 Å². The number of aryl methyl sites for hydroxylation is 1. The molecule has 34 heavy (non-hydrogen) atoms. The van der Waals surface area contributed by atoms with Crippen LogP contribution in [-0.2, 0) is 27.9 Å². The van der Waals surface area contributed by atoms with E-state index >= 15 is 0 Å². The number of halogens is 3. The predicted molar refractivity (Wildman–Crippen MR) is 122 cm³/mol. The van der Waals surface area contributed by atoms with Crippen molar-refractivity contribution in [2.24, 2.45) is 11.3 Å². The van der Waals surface area contributed by atoms with Gasteiger partial charge in [0, 0.05) is 5.41 Å². The number of fused-ring (bicyclic) bond motifs is 3. The number of imide groups is 1. The van der Waals surface area contributed by atoms with Crippen molar-refractivity contribution in [3.63, 3.8) is 0 Å². The lowest BCUT2D eigenvalue weighted by Crippen LogP contribution is -2.57. The van der Waals surface area contributed by atoms with E-state index in [1.807, 2.05) is 26.0 Å². The second kappa shape index (κ2) is 8.85. The van der Waals surface area contributed by atoms with Crippen molar-refractivity contribution in [3.05, 3.63) is 34.9 Å². The van der Waals surface area contributed by atoms with Crippen LogP contribution in [0.1, 0.15) is 76.5 Å². The van der Waals surface area contributed by atoms with Crippen molar-refractivity contribution in [1.82, 2.24) is 10.2 Å². The summed E-state index contributed by atoms with van der Waals surface area (Å²) in [5, 5.41) is 2.81. The molecule has 1 atom stereocenters. The van der Waals surface area contributed by atoms with Crippen LogP contribution in [0.2, 0.25) is 0 Å². The fourth-order valence-electron chi connectivity index (χ4n) is 6.18. The lowest BCUT2D eigenvalue weighted by atomic mass is 9.61. The van der Waals surface area contributed by atoms with Gasteiger partial charge in [0.15, 0.2) is 5.54 Å². The first kappa shape index (κ1) is 25.0. The van der Waals surface area contributed by atoms with Gasteiger partial charge in [-0.15, -0.1) is 0 Å². The highest BCUT2D eigenvalue weighted by molar-refractivity contribution is 6.09. The maximum absolute atomic E-state index is 13.8. The van der Waals surface area contributed by atoms with Gasteiger partial charge < -0.3 is 10.1 Å². The second-order valence-electron chi connectivity index (χ2n) is 11.0. The normalized spacial score (nSPS) is 29.1. The van der Waals surface area contributed by atoms with Gasteiger partial charge in [-0.3, -0.25) is 9.69 Å². The van der Waals surface area contributed by atoms with Crippen molar-refractivity contribution in [1.29, 1.82) is 0 Å². The molecule has 0 aromatic heterocycles. The first-order valence-corrected chi connectivity index (χ1v) is 12.4. The fraction of sp³-hybridized carbons (Fsp3) is 0.692. The van der Waals surface area contributed by atoms with Crippen molar-refractivity contribution in [3.8, 4) is 0 Å². The Morgan fingerprint density at radius 3 is 2.41 bits per heavy atom. The number of amides is 3. The van der Waals surface area contributed by atoms with Gasteiger partial charge in [-0.2, -0.15) is 13.2 Å². The fourth-order valence-corrected chi connectivity index (χ4v) is 6.18. The Hall–Kier alpha value is -2.09. The summed E-state index contributed by atoms with van der Waals surface area (Å²) in [6.07, 6.45) is 0.422. The van der Waals surface area contributed by atoms with E-state index in [9.17, 15) is 22.8 Å². The molecular weight excluding hydrogens is 445 g/mol. The highest BCUT2D eigenvalue weighted by atomic mass is 19.4. The molecule has 1 saturated heterocycles. The molecule has 0 bridgehead atoms. The molecule has 2 fully saturated rings. The molecule has 1 saturated carbocycles. The number of ether oxygens (including phenoxy) is 1. The van der Waals surface area contributed by atoms with E-state index in [0.29, 0.717) is 48.5 Å². The van der Waals surface area contributed by atoms with Gasteiger partial charge in [-0.05, 0) is 81.4 Å². The van der Waals surface area contributed by atoms with Gasteiger partial charge in [0.25, 0.3) is 5.91 Å². The van der Waals surface area contributed by atoms with Crippen LogP contribution >= 0.6 is 0 Å². The van der Waals surface area contributed by atoms with E-state index in [1.54, 1.807) is 0 Å². The Morgan fingerprint density at radius 1 is 1.15 bits per heavy atom. The topological polar surface area (TPSA) is 58.6 Å². The summed E-state index contributed by atoms with van der Waals surface area (Å²) >= 11 is 0. The molecule has 1 aliphatic heterocycles. The summed E-state index contributed by atoms with van der Waals surface area (Å²) in [5.74, 6) is -0.266. The molecule has 1 N–H and O–H groups in total. The minimum Gasteiger partial charge on any atom is -0.376 e. The van der Waals surface area contributed by atoms with Crippen LogP contribution in [0, 0.1) is 11.3 Å². The highest BCUT2D eigenvalue weighted by Gasteiger charge is 2.68. The molecule has 3 aliphatic rings. The Bertz CT molecular complexity index is 951. The Labute approximate surface area is 199 Å². The zero-order valence-corrected chi connectivity index (χ0v) is 20.4. The molecule has 0 radical (unpaired) electrons. The molecule has 1 aromatic rings. The zero-order valence-electron chi connectivity index (χ0n) is 20.4. The van der Waals surface area contributed by atoms with E-state index in [-0.39, 0.29) is 12.2 Å². The van der Waals surface area contributed by atoms with E-state index < -0.39 is 35.6 Å². The Morgan fingerprint density at radius 2 is 1.82 bits per heavy atom. The standard InChI is InChI=1S/C26H35F3N2O3/c1-16(2)5-6-18-7-8-19-14-24(11-9-20(10-12-24)34-17(3)4)26(21(19)13-18)22(32)31(23(33)30-26)15-25(27,28)29/h7-8,13,16-17,20H,5-6,9-12,14-15H2,1-4H3,(H,30,33). The summed E-state index contributed by atoms with van der Waals surface area (Å²) in [6, 6.07) is 5.06. The molecule has 3 amide bonds. The van der Waals surface area contributed by atoms with Gasteiger partial charge in [-0.25, -0.2) is 4.79 Å². The van der Waals surface area contributed by atoms with E-state index in [1.165, 1.54) is 0 Å². The highest BCUT2D eigenvalue weighted by Crippen LogP contribution is 2.60. The SMILES string of the molecule is CC(C)CCc1ccc2c(c1)C1(NC(=O)N(CC(F)(F)F)C1=O)C1(CCC(OC(C)C)CC1)C2. The number of hydrogen-bond acceptors (Lipinski definition) is 3. The average Bonchev–Trinajstić information content (AvgIpc) is 3.14. The molecular formula is C26H35F3N2O3. The quantitative estimate of drug-likeness (QED) is 0.548. The van der Waals surface area contributed by atoms with Crippen molar-refractivity contribution < 1.29 is 27.5 Å². The number of nitrogens with one attached hydrogen (secondary N) is 1. The monoisotopic (exact) mass is 480 g/mol. The molecule has 2 spiro atoms. The van der Waals surface area contributed by atoms with Crippen LogP contribution in [0.25, 0.3) is 0 Å². The molecule has 1 heterocycles. The molecule has 188 valence electrons. The van der Waals surface area contributed by atoms with Crippen molar-refractivity contribution >= 4 is 11.9 Å². The summed E-state index contributed by atoms with van der Waals surface area (Å²) < 4.78 is 45.8. The Kier molecular flexibility index (Phi) is 6.51. The largest absolute Gasteiger partial charge is 0.406 e. The van der Waals surface area contributed by atoms with E-state index in [2.05, 4.69) is 25.2 Å². The van der Waals surface area contributed by atoms with Gasteiger partial charge >= 0.3 is 12.2 Å². The molecule has 2 aliphatic carbocycles. The average molecular weight is 481 g/mol. The van der Waals surface area contributed by atoms with E-state index in [4.69, 9.17) is 4.74 Å². The molecule has 5 nitrogen and oxygen atoms in total. The number of carbonyl (C=O) groups is 2. The summed E-state index contributed by atoms with van der Waals surface area (Å²) in [4.78, 5) is 27.0. The van der Waals surface area contributed by atoms with Gasteiger partial charge in [0.1, 0.15) is 6.54 Å². The number of hydrogen-bond donors (Lipinski definition) is 1. The van der Waals surface area contributed by atoms with Gasteiger partial charge in [0.05, 0.1) is 12.2 Å². The number of rotatable bonds is 6. The minimum absolute atomic E-state index is 0.0477. The number of benzene rings is 1. The van der Waals surface area contributed by atoms with Crippen LogP contribution in [0.3, 0.4) is 0 Å². The summed E-state index contributed by atoms with van der Waals surface area (Å²) in [5.41, 5.74) is 0.549. The maximum atomic E-state index is 13.8. The van der Waals surface area contributed by atoms with Crippen molar-refractivity contribution in [2.75, 3.05) is 6.54 Å². The number of carbonyl (C=O) groups excluding carboxylic acids is 2. The van der Waals surface area contributed by atoms with Crippen molar-refractivity contribution in [2.45, 2.75) is 96.6 Å². The first-order valence-electron chi connectivity index (χ1n) is 12.4. The zero-order chi connectivity index (χ0) is 24.9. The van der Waals surface area contributed by atoms with Gasteiger partial charge in [0.2, 0.25) is 0 Å². The lowest BCUT2D eigenvalue weighted by Gasteiger charge is -2.46. The third-order valence-electron chi connectivity index (χ3n) is 7.71. The third-order valence-corrected chi connectivity index (χ3v) is 7.71. The maximum Gasteiger partial charge on any atom is 0.406 e. The smallest absolute Gasteiger partial charge is 0.376 e. The molecule has 1 unspecified atom stereocenters. The third kappa shape index (κ3) is 4.34. The predicted octanol–water partition coefficient (Wildman–Crippen LogP) is 5.49. The Balaban J connectivity index is 1.75. The molecule has 1 aromatic carbocycles. The number of alkyl halides is 3.